The Labute approximate surface area is 207 Å². The molecule has 2 N–H and O–H groups in total. The van der Waals surface area contributed by atoms with Gasteiger partial charge in [0.05, 0.1) is 10.4 Å². The van der Waals surface area contributed by atoms with Crippen LogP contribution < -0.4 is 4.72 Å². The summed E-state index contributed by atoms with van der Waals surface area (Å²) in [6.07, 6.45) is 1.79. The van der Waals surface area contributed by atoms with Crippen molar-refractivity contribution in [2.75, 3.05) is 30.9 Å². The lowest BCUT2D eigenvalue weighted by molar-refractivity contribution is -0.128. The molecule has 0 saturated carbocycles. The molecule has 0 aliphatic carbocycles. The monoisotopic (exact) mass is 492 g/mol. The number of nitrogens with one attached hydrogen (secondary N) is 2. The van der Waals surface area contributed by atoms with E-state index in [-0.39, 0.29) is 17.5 Å². The van der Waals surface area contributed by atoms with Crippen LogP contribution in [0.4, 0.5) is 5.69 Å². The number of nitrogens with zero attached hydrogens (tertiary/aromatic N) is 4. The summed E-state index contributed by atoms with van der Waals surface area (Å²) in [7, 11) is 0. The molecular formula is C24H24N6O2S2. The number of hydrogen-bond donors (Lipinski definition) is 3. The third-order valence-corrected chi connectivity index (χ3v) is 6.77. The van der Waals surface area contributed by atoms with Gasteiger partial charge in [-0.3, -0.25) is 14.6 Å². The van der Waals surface area contributed by atoms with Crippen LogP contribution in [0.25, 0.3) is 10.9 Å². The van der Waals surface area contributed by atoms with Crippen molar-refractivity contribution in [1.29, 1.82) is 5.53 Å². The Morgan fingerprint density at radius 1 is 1.12 bits per heavy atom. The summed E-state index contributed by atoms with van der Waals surface area (Å²) in [5.74, 6) is -0.412. The van der Waals surface area contributed by atoms with Gasteiger partial charge in [-0.15, -0.1) is 12.6 Å². The van der Waals surface area contributed by atoms with Crippen molar-refractivity contribution in [3.63, 3.8) is 0 Å². The zero-order valence-corrected chi connectivity index (χ0v) is 20.3. The smallest absolute Gasteiger partial charge is 0.274 e. The predicted octanol–water partition coefficient (Wildman–Crippen LogP) is 4.75. The van der Waals surface area contributed by atoms with E-state index in [1.807, 2.05) is 55.5 Å². The topological polar surface area (TPSA) is 102 Å². The molecule has 1 aromatic heterocycles. The summed E-state index contributed by atoms with van der Waals surface area (Å²) in [5, 5.41) is 5.51. The highest BCUT2D eigenvalue weighted by molar-refractivity contribution is 8.00. The average Bonchev–Trinajstić information content (AvgIpc) is 2.88. The minimum Gasteiger partial charge on any atom is -0.335 e. The number of thiol groups is 1. The van der Waals surface area contributed by atoms with E-state index >= 15 is 0 Å². The molecule has 0 atom stereocenters. The van der Waals surface area contributed by atoms with Crippen LogP contribution in [-0.4, -0.2) is 52.8 Å². The van der Waals surface area contributed by atoms with E-state index in [1.54, 1.807) is 16.0 Å². The lowest BCUT2D eigenvalue weighted by Gasteiger charge is -2.34. The Bertz CT molecular complexity index is 1270. The molecule has 1 saturated heterocycles. The molecule has 1 aliphatic heterocycles. The molecule has 0 spiro atoms. The molecule has 1 aliphatic rings. The first kappa shape index (κ1) is 23.8. The number of benzene rings is 2. The molecule has 174 valence electrons. The largest absolute Gasteiger partial charge is 0.335 e. The number of rotatable bonds is 6. The molecule has 1 fully saturated rings. The fourth-order valence-corrected chi connectivity index (χ4v) is 4.80. The van der Waals surface area contributed by atoms with Gasteiger partial charge in [0.25, 0.3) is 11.8 Å². The summed E-state index contributed by atoms with van der Waals surface area (Å²) >= 11 is 5.42. The van der Waals surface area contributed by atoms with E-state index < -0.39 is 0 Å². The van der Waals surface area contributed by atoms with Gasteiger partial charge < -0.3 is 14.5 Å². The van der Waals surface area contributed by atoms with Crippen molar-refractivity contribution >= 4 is 53.0 Å². The number of pyridine rings is 1. The standard InChI is InChI=1S/C24H24N6O2S2/c1-16-14-18(23(31)29-10-12-30(13-11-29)24(32)20(15-33)27-25)7-8-19(16)28-34-21-6-2-4-17-5-3-9-26-22(17)21/h2-9,14-15,25,28,33H,10-13H2,1H3/b20-15-,27-25?. The van der Waals surface area contributed by atoms with Crippen molar-refractivity contribution in [2.45, 2.75) is 11.8 Å². The van der Waals surface area contributed by atoms with Crippen LogP contribution in [0.1, 0.15) is 15.9 Å². The maximum atomic E-state index is 13.0. The Balaban J connectivity index is 1.39. The number of hydrogen-bond acceptors (Lipinski definition) is 8. The number of carbonyl (C=O) groups is 2. The minimum atomic E-state index is -0.345. The number of aryl methyl sites for hydroxylation is 1. The Morgan fingerprint density at radius 2 is 1.85 bits per heavy atom. The number of fused-ring (bicyclic) bond motifs is 1. The van der Waals surface area contributed by atoms with Gasteiger partial charge in [-0.05, 0) is 54.8 Å². The van der Waals surface area contributed by atoms with Gasteiger partial charge in [-0.2, -0.15) is 5.11 Å². The number of anilines is 1. The summed E-state index contributed by atoms with van der Waals surface area (Å²) in [5.41, 5.74) is 10.5. The third kappa shape index (κ3) is 5.07. The highest BCUT2D eigenvalue weighted by Crippen LogP contribution is 2.29. The molecule has 0 bridgehead atoms. The lowest BCUT2D eigenvalue weighted by atomic mass is 10.1. The Morgan fingerprint density at radius 3 is 2.56 bits per heavy atom. The van der Waals surface area contributed by atoms with Crippen LogP contribution in [0.3, 0.4) is 0 Å². The van der Waals surface area contributed by atoms with Crippen molar-refractivity contribution < 1.29 is 9.59 Å². The first-order valence-corrected chi connectivity index (χ1v) is 12.0. The summed E-state index contributed by atoms with van der Waals surface area (Å²) in [6, 6.07) is 15.6. The van der Waals surface area contributed by atoms with Crippen molar-refractivity contribution in [2.24, 2.45) is 5.11 Å². The van der Waals surface area contributed by atoms with Crippen molar-refractivity contribution in [1.82, 2.24) is 14.8 Å². The van der Waals surface area contributed by atoms with Gasteiger partial charge in [0.1, 0.15) is 0 Å². The number of para-hydroxylation sites is 1. The Kier molecular flexibility index (Phi) is 7.49. The molecular weight excluding hydrogens is 468 g/mol. The zero-order chi connectivity index (χ0) is 24.1. The quantitative estimate of drug-likeness (QED) is 0.200. The molecule has 8 nitrogen and oxygen atoms in total. The van der Waals surface area contributed by atoms with Gasteiger partial charge >= 0.3 is 0 Å². The van der Waals surface area contributed by atoms with Gasteiger partial charge in [0, 0.05) is 54.4 Å². The lowest BCUT2D eigenvalue weighted by Crippen LogP contribution is -2.50. The maximum absolute atomic E-state index is 13.0. The van der Waals surface area contributed by atoms with E-state index in [0.29, 0.717) is 31.7 Å². The van der Waals surface area contributed by atoms with E-state index in [0.717, 1.165) is 27.0 Å². The predicted molar refractivity (Wildman–Crippen MR) is 137 cm³/mol. The second-order valence-corrected chi connectivity index (χ2v) is 8.88. The SMILES string of the molecule is Cc1cc(C(=O)N2CCN(C(=O)/C(=C/S)N=N)CC2)ccc1NSc1cccc2cccnc12. The highest BCUT2D eigenvalue weighted by Gasteiger charge is 2.26. The molecule has 0 radical (unpaired) electrons. The molecule has 4 rings (SSSR count). The zero-order valence-electron chi connectivity index (χ0n) is 18.6. The van der Waals surface area contributed by atoms with E-state index in [4.69, 9.17) is 5.53 Å². The molecule has 34 heavy (non-hydrogen) atoms. The van der Waals surface area contributed by atoms with Gasteiger partial charge in [0.15, 0.2) is 5.70 Å². The van der Waals surface area contributed by atoms with E-state index in [1.165, 1.54) is 17.4 Å². The van der Waals surface area contributed by atoms with Crippen LogP contribution in [0.15, 0.2) is 75.8 Å². The molecule has 3 aromatic rings. The van der Waals surface area contributed by atoms with Crippen LogP contribution >= 0.6 is 24.6 Å². The number of piperazine rings is 1. The first-order valence-electron chi connectivity index (χ1n) is 10.7. The fourth-order valence-electron chi connectivity index (χ4n) is 3.77. The van der Waals surface area contributed by atoms with E-state index in [9.17, 15) is 9.59 Å². The highest BCUT2D eigenvalue weighted by atomic mass is 32.2. The molecule has 2 aromatic carbocycles. The minimum absolute atomic E-state index is 0.0148. The van der Waals surface area contributed by atoms with Crippen molar-refractivity contribution in [3.05, 3.63) is 77.0 Å². The van der Waals surface area contributed by atoms with Crippen LogP contribution in [0.5, 0.6) is 0 Å². The van der Waals surface area contributed by atoms with Crippen LogP contribution in [0.2, 0.25) is 0 Å². The van der Waals surface area contributed by atoms with Crippen LogP contribution in [-0.2, 0) is 4.79 Å². The van der Waals surface area contributed by atoms with Gasteiger partial charge in [-0.25, -0.2) is 5.53 Å². The number of amides is 2. The average molecular weight is 493 g/mol. The summed E-state index contributed by atoms with van der Waals surface area (Å²) in [4.78, 5) is 34.2. The molecule has 2 amide bonds. The number of aromatic nitrogens is 1. The molecule has 2 heterocycles. The van der Waals surface area contributed by atoms with Gasteiger partial charge in [0.2, 0.25) is 0 Å². The summed E-state index contributed by atoms with van der Waals surface area (Å²) < 4.78 is 3.38. The normalized spacial score (nSPS) is 14.2. The third-order valence-electron chi connectivity index (χ3n) is 5.66. The second kappa shape index (κ2) is 10.7. The van der Waals surface area contributed by atoms with Crippen molar-refractivity contribution in [3.8, 4) is 0 Å². The second-order valence-electron chi connectivity index (χ2n) is 7.78. The fraction of sp³-hybridized carbons (Fsp3) is 0.208. The summed E-state index contributed by atoms with van der Waals surface area (Å²) in [6.45, 7) is 3.59. The number of carbonyl (C=O) groups excluding carboxylic acids is 2. The van der Waals surface area contributed by atoms with E-state index in [2.05, 4.69) is 27.4 Å². The first-order chi connectivity index (χ1) is 16.5. The molecule has 0 unspecified atom stereocenters. The van der Waals surface area contributed by atoms with Gasteiger partial charge in [-0.1, -0.05) is 18.2 Å². The maximum Gasteiger partial charge on any atom is 0.274 e. The van der Waals surface area contributed by atoms with Crippen LogP contribution in [0, 0.1) is 12.5 Å². The Hall–Kier alpha value is -3.37. The molecule has 10 heteroatoms.